The van der Waals surface area contributed by atoms with Crippen LogP contribution in [-0.4, -0.2) is 35.5 Å². The number of ether oxygens (including phenoxy) is 2. The fourth-order valence-electron chi connectivity index (χ4n) is 4.23. The van der Waals surface area contributed by atoms with E-state index in [1.807, 2.05) is 17.6 Å². The minimum Gasteiger partial charge on any atom is -0.504 e. The van der Waals surface area contributed by atoms with Gasteiger partial charge in [0.2, 0.25) is 0 Å². The molecule has 4 rings (SSSR count). The lowest BCUT2D eigenvalue weighted by atomic mass is 9.90. The van der Waals surface area contributed by atoms with Gasteiger partial charge in [0, 0.05) is 37.1 Å². The molecule has 160 valence electrons. The molecule has 3 N–H and O–H groups in total. The van der Waals surface area contributed by atoms with Gasteiger partial charge in [-0.1, -0.05) is 6.92 Å². The maximum absolute atomic E-state index is 12.5. The molecule has 0 aliphatic carbocycles. The third-order valence-corrected chi connectivity index (χ3v) is 6.00. The lowest BCUT2D eigenvalue weighted by Crippen LogP contribution is -2.27. The van der Waals surface area contributed by atoms with Crippen molar-refractivity contribution in [2.75, 3.05) is 19.8 Å². The van der Waals surface area contributed by atoms with Crippen molar-refractivity contribution in [3.05, 3.63) is 45.7 Å². The number of nitrogens with zero attached hydrogens (tertiary/aromatic N) is 1. The molecule has 8 heteroatoms. The number of nitrogens with two attached hydrogens (primary N) is 1. The second-order valence-electron chi connectivity index (χ2n) is 7.86. The van der Waals surface area contributed by atoms with E-state index in [2.05, 4.69) is 4.84 Å². The summed E-state index contributed by atoms with van der Waals surface area (Å²) < 4.78 is 13.2. The molecular weight excluding hydrogens is 388 g/mol. The zero-order valence-electron chi connectivity index (χ0n) is 16.9. The summed E-state index contributed by atoms with van der Waals surface area (Å²) in [6, 6.07) is 4.94. The maximum Gasteiger partial charge on any atom is 0.362 e. The molecule has 2 aromatic rings. The van der Waals surface area contributed by atoms with Gasteiger partial charge in [0.15, 0.2) is 16.9 Å². The highest BCUT2D eigenvalue weighted by Crippen LogP contribution is 2.41. The summed E-state index contributed by atoms with van der Waals surface area (Å²) >= 11 is 0. The predicted molar refractivity (Wildman–Crippen MR) is 109 cm³/mol. The van der Waals surface area contributed by atoms with Gasteiger partial charge < -0.3 is 24.0 Å². The van der Waals surface area contributed by atoms with E-state index in [0.717, 1.165) is 43.6 Å². The first kappa shape index (κ1) is 20.4. The Balaban J connectivity index is 1.69. The number of hydrogen-bond donors (Lipinski definition) is 2. The fourth-order valence-corrected chi connectivity index (χ4v) is 4.23. The summed E-state index contributed by atoms with van der Waals surface area (Å²) in [5.41, 5.74) is 1.81. The van der Waals surface area contributed by atoms with Gasteiger partial charge in [0.25, 0.3) is 0 Å². The number of pyridine rings is 1. The van der Waals surface area contributed by atoms with Crippen molar-refractivity contribution < 1.29 is 24.2 Å². The molecule has 1 saturated heterocycles. The molecule has 0 radical (unpaired) electrons. The topological polar surface area (TPSA) is 113 Å². The van der Waals surface area contributed by atoms with Crippen LogP contribution in [0.4, 0.5) is 0 Å². The smallest absolute Gasteiger partial charge is 0.362 e. The first-order valence-corrected chi connectivity index (χ1v) is 10.3. The lowest BCUT2D eigenvalue weighted by molar-refractivity contribution is 0.0493. The molecule has 8 nitrogen and oxygen atoms in total. The van der Waals surface area contributed by atoms with Crippen LogP contribution < -0.4 is 16.1 Å². The Morgan fingerprint density at radius 2 is 2.07 bits per heavy atom. The third kappa shape index (κ3) is 3.80. The molecule has 1 fully saturated rings. The molecule has 2 aliphatic rings. The van der Waals surface area contributed by atoms with Crippen LogP contribution in [0.25, 0.3) is 11.3 Å². The monoisotopic (exact) mass is 414 g/mol. The Morgan fingerprint density at radius 1 is 1.30 bits per heavy atom. The number of rotatable bonds is 5. The van der Waals surface area contributed by atoms with E-state index < -0.39 is 11.4 Å². The van der Waals surface area contributed by atoms with E-state index in [1.165, 1.54) is 12.3 Å². The Bertz CT molecular complexity index is 1010. The average Bonchev–Trinajstić information content (AvgIpc) is 2.77. The highest BCUT2D eigenvalue weighted by atomic mass is 16.7. The van der Waals surface area contributed by atoms with E-state index in [4.69, 9.17) is 15.4 Å². The molecule has 0 bridgehead atoms. The Hall–Kier alpha value is -2.84. The predicted octanol–water partition coefficient (Wildman–Crippen LogP) is 2.56. The van der Waals surface area contributed by atoms with Crippen molar-refractivity contribution in [2.45, 2.75) is 38.6 Å². The SMILES string of the molecule is CCC1Cc2cc(OCC3CCOCC3)c(O)cc2-c2cc(=O)c(C(=O)ON)cn21. The van der Waals surface area contributed by atoms with E-state index in [1.54, 1.807) is 6.07 Å². The number of phenols is 1. The summed E-state index contributed by atoms with van der Waals surface area (Å²) in [6.07, 6.45) is 4.88. The summed E-state index contributed by atoms with van der Waals surface area (Å²) in [4.78, 5) is 28.5. The van der Waals surface area contributed by atoms with Crippen molar-refractivity contribution in [1.29, 1.82) is 0 Å². The van der Waals surface area contributed by atoms with Crippen LogP contribution in [0.3, 0.4) is 0 Å². The van der Waals surface area contributed by atoms with Gasteiger partial charge >= 0.3 is 5.97 Å². The summed E-state index contributed by atoms with van der Waals surface area (Å²) in [7, 11) is 0. The quantitative estimate of drug-likeness (QED) is 0.723. The maximum atomic E-state index is 12.5. The van der Waals surface area contributed by atoms with Gasteiger partial charge in [-0.05, 0) is 49.3 Å². The van der Waals surface area contributed by atoms with Crippen LogP contribution in [0, 0.1) is 5.92 Å². The molecule has 1 unspecified atom stereocenters. The molecule has 0 amide bonds. The van der Waals surface area contributed by atoms with E-state index in [-0.39, 0.29) is 17.4 Å². The molecule has 0 spiro atoms. The first-order chi connectivity index (χ1) is 14.5. The Kier molecular flexibility index (Phi) is 5.78. The van der Waals surface area contributed by atoms with Gasteiger partial charge in [-0.2, -0.15) is 5.90 Å². The number of hydrogen-bond acceptors (Lipinski definition) is 7. The lowest BCUT2D eigenvalue weighted by Gasteiger charge is -2.31. The van der Waals surface area contributed by atoms with Gasteiger partial charge in [0.05, 0.1) is 12.3 Å². The largest absolute Gasteiger partial charge is 0.504 e. The number of carbonyl (C=O) groups is 1. The molecule has 0 saturated carbocycles. The van der Waals surface area contributed by atoms with Crippen molar-refractivity contribution >= 4 is 5.97 Å². The molecule has 30 heavy (non-hydrogen) atoms. The number of benzene rings is 1. The average molecular weight is 414 g/mol. The number of carbonyl (C=O) groups excluding carboxylic acids is 1. The Labute approximate surface area is 174 Å². The number of phenolic OH excluding ortho intramolecular Hbond substituents is 1. The fraction of sp³-hybridized carbons (Fsp3) is 0.455. The van der Waals surface area contributed by atoms with Crippen LogP contribution in [0.15, 0.2) is 29.2 Å². The van der Waals surface area contributed by atoms with Crippen molar-refractivity contribution in [1.82, 2.24) is 4.57 Å². The standard InChI is InChI=1S/C22H26N2O6/c1-2-15-7-14-8-21(29-12-13-3-5-28-6-4-13)20(26)9-16(14)18-10-19(25)17(11-24(15)18)22(27)30-23/h8-11,13,15,26H,2-7,12,23H2,1H3. The van der Waals surface area contributed by atoms with Crippen LogP contribution in [0.1, 0.15) is 48.1 Å². The second-order valence-corrected chi connectivity index (χ2v) is 7.86. The van der Waals surface area contributed by atoms with Gasteiger partial charge in [-0.15, -0.1) is 0 Å². The van der Waals surface area contributed by atoms with Crippen molar-refractivity contribution in [2.24, 2.45) is 11.8 Å². The highest BCUT2D eigenvalue weighted by molar-refractivity contribution is 5.89. The van der Waals surface area contributed by atoms with Crippen molar-refractivity contribution in [3.8, 4) is 22.8 Å². The molecule has 1 aromatic carbocycles. The first-order valence-electron chi connectivity index (χ1n) is 10.3. The zero-order chi connectivity index (χ0) is 21.3. The summed E-state index contributed by atoms with van der Waals surface area (Å²) in [5, 5.41) is 10.6. The van der Waals surface area contributed by atoms with Crippen LogP contribution in [-0.2, 0) is 16.0 Å². The third-order valence-electron chi connectivity index (χ3n) is 6.00. The van der Waals surface area contributed by atoms with Gasteiger partial charge in [-0.25, -0.2) is 4.79 Å². The van der Waals surface area contributed by atoms with E-state index in [0.29, 0.717) is 30.4 Å². The van der Waals surface area contributed by atoms with E-state index in [9.17, 15) is 14.7 Å². The number of aromatic nitrogens is 1. The molecule has 1 atom stereocenters. The van der Waals surface area contributed by atoms with Gasteiger partial charge in [-0.3, -0.25) is 4.79 Å². The second kappa shape index (κ2) is 8.49. The van der Waals surface area contributed by atoms with E-state index >= 15 is 0 Å². The molecular formula is C22H26N2O6. The molecule has 2 aliphatic heterocycles. The van der Waals surface area contributed by atoms with Gasteiger partial charge in [0.1, 0.15) is 5.56 Å². The van der Waals surface area contributed by atoms with Crippen LogP contribution >= 0.6 is 0 Å². The minimum atomic E-state index is -0.865. The molecule has 3 heterocycles. The Morgan fingerprint density at radius 3 is 2.77 bits per heavy atom. The summed E-state index contributed by atoms with van der Waals surface area (Å²) in [5.74, 6) is 4.99. The molecule has 1 aromatic heterocycles. The minimum absolute atomic E-state index is 0.0280. The van der Waals surface area contributed by atoms with Crippen LogP contribution in [0.5, 0.6) is 11.5 Å². The highest BCUT2D eigenvalue weighted by Gasteiger charge is 2.27. The van der Waals surface area contributed by atoms with Crippen molar-refractivity contribution in [3.63, 3.8) is 0 Å². The summed E-state index contributed by atoms with van der Waals surface area (Å²) in [6.45, 7) is 4.07. The number of aromatic hydroxyl groups is 1. The number of fused-ring (bicyclic) bond motifs is 3. The van der Waals surface area contributed by atoms with Crippen LogP contribution in [0.2, 0.25) is 0 Å². The zero-order valence-corrected chi connectivity index (χ0v) is 16.9. The normalized spacial score (nSPS) is 18.4.